The summed E-state index contributed by atoms with van der Waals surface area (Å²) in [7, 11) is 0. The Morgan fingerprint density at radius 3 is 2.66 bits per heavy atom. The minimum absolute atomic E-state index is 0.0345. The number of benzene rings is 1. The van der Waals surface area contributed by atoms with E-state index >= 15 is 0 Å². The standard InChI is InChI=1S/C21H21F3N4O3S/c22-21(23,24)19-26-17-16(18(31)28(19)11-12-29)25-20(32-17)27-10-4-7-14(27)15(30)9-8-13-5-2-1-3-6-13/h1-3,5-6,14,29H,4,7-12H2/t14-/m1/s1. The molecule has 0 spiro atoms. The number of halogens is 3. The van der Waals surface area contributed by atoms with E-state index in [0.717, 1.165) is 23.3 Å². The number of anilines is 1. The predicted octanol–water partition coefficient (Wildman–Crippen LogP) is 3.03. The van der Waals surface area contributed by atoms with Gasteiger partial charge in [0.1, 0.15) is 0 Å². The number of Topliss-reactive ketones (excluding diaryl/α,β-unsaturated/α-hetero) is 1. The summed E-state index contributed by atoms with van der Waals surface area (Å²) in [5.74, 6) is -1.33. The lowest BCUT2D eigenvalue weighted by Gasteiger charge is -2.22. The van der Waals surface area contributed by atoms with Gasteiger partial charge >= 0.3 is 6.18 Å². The number of aromatic nitrogens is 3. The Morgan fingerprint density at radius 1 is 1.22 bits per heavy atom. The maximum atomic E-state index is 13.4. The highest BCUT2D eigenvalue weighted by atomic mass is 32.1. The van der Waals surface area contributed by atoms with Crippen LogP contribution in [0.5, 0.6) is 0 Å². The average Bonchev–Trinajstić information content (AvgIpc) is 3.41. The van der Waals surface area contributed by atoms with Crippen molar-refractivity contribution in [3.05, 3.63) is 52.1 Å². The molecule has 0 bridgehead atoms. The predicted molar refractivity (Wildman–Crippen MR) is 114 cm³/mol. The van der Waals surface area contributed by atoms with Crippen LogP contribution in [-0.2, 0) is 23.9 Å². The van der Waals surface area contributed by atoms with Crippen molar-refractivity contribution < 1.29 is 23.1 Å². The van der Waals surface area contributed by atoms with Crippen molar-refractivity contribution >= 4 is 32.6 Å². The molecule has 7 nitrogen and oxygen atoms in total. The Labute approximate surface area is 185 Å². The number of ketones is 1. The molecule has 1 aromatic carbocycles. The van der Waals surface area contributed by atoms with Crippen LogP contribution in [0.15, 0.2) is 35.1 Å². The maximum Gasteiger partial charge on any atom is 0.449 e. The van der Waals surface area contributed by atoms with Crippen LogP contribution in [-0.4, -0.2) is 44.6 Å². The molecule has 170 valence electrons. The van der Waals surface area contributed by atoms with Gasteiger partial charge in [0, 0.05) is 13.0 Å². The van der Waals surface area contributed by atoms with Gasteiger partial charge < -0.3 is 10.0 Å². The lowest BCUT2D eigenvalue weighted by Crippen LogP contribution is -2.36. The van der Waals surface area contributed by atoms with Gasteiger partial charge in [-0.3, -0.25) is 14.2 Å². The van der Waals surface area contributed by atoms with Crippen molar-refractivity contribution in [1.29, 1.82) is 0 Å². The summed E-state index contributed by atoms with van der Waals surface area (Å²) in [4.78, 5) is 35.1. The van der Waals surface area contributed by atoms with E-state index in [1.54, 1.807) is 4.90 Å². The lowest BCUT2D eigenvalue weighted by molar-refractivity contribution is -0.148. The summed E-state index contributed by atoms with van der Waals surface area (Å²) in [5, 5.41) is 9.41. The van der Waals surface area contributed by atoms with Crippen LogP contribution < -0.4 is 10.5 Å². The number of aliphatic hydroxyl groups excluding tert-OH is 1. The molecule has 0 radical (unpaired) electrons. The molecule has 1 aliphatic rings. The van der Waals surface area contributed by atoms with Crippen molar-refractivity contribution in [3.8, 4) is 0 Å². The third kappa shape index (κ3) is 4.40. The quantitative estimate of drug-likeness (QED) is 0.576. The zero-order valence-electron chi connectivity index (χ0n) is 17.0. The summed E-state index contributed by atoms with van der Waals surface area (Å²) in [5.41, 5.74) is -0.0856. The van der Waals surface area contributed by atoms with Crippen LogP contribution >= 0.6 is 11.3 Å². The molecule has 1 N–H and O–H groups in total. The van der Waals surface area contributed by atoms with Gasteiger partial charge in [-0.25, -0.2) is 9.97 Å². The molecule has 0 saturated carbocycles. The molecular formula is C21H21F3N4O3S. The van der Waals surface area contributed by atoms with Crippen molar-refractivity contribution in [2.75, 3.05) is 18.1 Å². The van der Waals surface area contributed by atoms with E-state index < -0.39 is 36.8 Å². The minimum atomic E-state index is -4.85. The van der Waals surface area contributed by atoms with Gasteiger partial charge in [-0.1, -0.05) is 41.7 Å². The van der Waals surface area contributed by atoms with E-state index in [1.165, 1.54) is 0 Å². The fourth-order valence-corrected chi connectivity index (χ4v) is 4.96. The monoisotopic (exact) mass is 466 g/mol. The number of thiazole rings is 1. The molecule has 3 aromatic rings. The van der Waals surface area contributed by atoms with Crippen LogP contribution in [0.2, 0.25) is 0 Å². The summed E-state index contributed by atoms with van der Waals surface area (Å²) >= 11 is 0.877. The normalized spacial score (nSPS) is 16.8. The molecule has 0 unspecified atom stereocenters. The van der Waals surface area contributed by atoms with E-state index in [0.29, 0.717) is 35.5 Å². The zero-order valence-corrected chi connectivity index (χ0v) is 17.8. The summed E-state index contributed by atoms with van der Waals surface area (Å²) in [6.07, 6.45) is -2.54. The molecule has 2 aromatic heterocycles. The number of fused-ring (bicyclic) bond motifs is 1. The molecule has 1 aliphatic heterocycles. The highest BCUT2D eigenvalue weighted by Gasteiger charge is 2.38. The van der Waals surface area contributed by atoms with Crippen LogP contribution in [0, 0.1) is 0 Å². The first-order valence-corrected chi connectivity index (χ1v) is 11.0. The van der Waals surface area contributed by atoms with Gasteiger partial charge in [0.2, 0.25) is 5.82 Å². The number of aliphatic hydroxyl groups is 1. The Hall–Kier alpha value is -2.79. The number of hydrogen-bond donors (Lipinski definition) is 1. The van der Waals surface area contributed by atoms with E-state index in [4.69, 9.17) is 5.11 Å². The number of aryl methyl sites for hydroxylation is 1. The number of hydrogen-bond acceptors (Lipinski definition) is 7. The van der Waals surface area contributed by atoms with Gasteiger partial charge in [0.05, 0.1) is 19.2 Å². The van der Waals surface area contributed by atoms with Crippen LogP contribution in [0.3, 0.4) is 0 Å². The first-order chi connectivity index (χ1) is 15.3. The molecule has 1 atom stereocenters. The SMILES string of the molecule is O=C(CCc1ccccc1)[C@H]1CCCN1c1nc2c(=O)n(CCO)c(C(F)(F)F)nc2s1. The van der Waals surface area contributed by atoms with Crippen LogP contribution in [0.4, 0.5) is 18.3 Å². The van der Waals surface area contributed by atoms with E-state index in [1.807, 2.05) is 30.3 Å². The number of nitrogens with zero attached hydrogens (tertiary/aromatic N) is 4. The third-order valence-corrected chi connectivity index (χ3v) is 6.45. The Balaban J connectivity index is 1.63. The number of alkyl halides is 3. The minimum Gasteiger partial charge on any atom is -0.395 e. The first-order valence-electron chi connectivity index (χ1n) is 10.2. The number of carbonyl (C=O) groups excluding carboxylic acids is 1. The van der Waals surface area contributed by atoms with Crippen molar-refractivity contribution in [1.82, 2.24) is 14.5 Å². The molecule has 1 saturated heterocycles. The molecule has 32 heavy (non-hydrogen) atoms. The fraction of sp³-hybridized carbons (Fsp3) is 0.429. The smallest absolute Gasteiger partial charge is 0.395 e. The molecule has 11 heteroatoms. The molecule has 0 aliphatic carbocycles. The lowest BCUT2D eigenvalue weighted by atomic mass is 10.0. The molecule has 0 amide bonds. The zero-order chi connectivity index (χ0) is 22.9. The summed E-state index contributed by atoms with van der Waals surface area (Å²) in [6.45, 7) is -0.649. The van der Waals surface area contributed by atoms with Crippen molar-refractivity contribution in [2.24, 2.45) is 0 Å². The molecular weight excluding hydrogens is 445 g/mol. The number of carbonyl (C=O) groups is 1. The van der Waals surface area contributed by atoms with Gasteiger partial charge in [-0.05, 0) is 24.8 Å². The van der Waals surface area contributed by atoms with E-state index in [9.17, 15) is 22.8 Å². The second-order valence-corrected chi connectivity index (χ2v) is 8.52. The maximum absolute atomic E-state index is 13.4. The second kappa shape index (κ2) is 8.99. The molecule has 4 rings (SSSR count). The Morgan fingerprint density at radius 2 is 1.97 bits per heavy atom. The summed E-state index contributed by atoms with van der Waals surface area (Å²) in [6, 6.07) is 9.21. The third-order valence-electron chi connectivity index (χ3n) is 5.46. The largest absolute Gasteiger partial charge is 0.449 e. The Kier molecular flexibility index (Phi) is 6.29. The molecule has 3 heterocycles. The topological polar surface area (TPSA) is 88.3 Å². The van der Waals surface area contributed by atoms with Crippen molar-refractivity contribution in [2.45, 2.75) is 44.4 Å². The van der Waals surface area contributed by atoms with Gasteiger partial charge in [-0.15, -0.1) is 0 Å². The molecule has 1 fully saturated rings. The summed E-state index contributed by atoms with van der Waals surface area (Å²) < 4.78 is 40.6. The highest BCUT2D eigenvalue weighted by molar-refractivity contribution is 7.21. The first kappa shape index (κ1) is 22.4. The van der Waals surface area contributed by atoms with Gasteiger partial charge in [0.15, 0.2) is 21.3 Å². The van der Waals surface area contributed by atoms with Crippen molar-refractivity contribution in [3.63, 3.8) is 0 Å². The van der Waals surface area contributed by atoms with E-state index in [2.05, 4.69) is 9.97 Å². The average molecular weight is 466 g/mol. The van der Waals surface area contributed by atoms with Gasteiger partial charge in [0.25, 0.3) is 5.56 Å². The van der Waals surface area contributed by atoms with Gasteiger partial charge in [-0.2, -0.15) is 13.2 Å². The fourth-order valence-electron chi connectivity index (χ4n) is 3.95. The second-order valence-electron chi connectivity index (χ2n) is 7.57. The van der Waals surface area contributed by atoms with Crippen LogP contribution in [0.1, 0.15) is 30.7 Å². The number of rotatable bonds is 7. The Bertz CT molecular complexity index is 1180. The highest BCUT2D eigenvalue weighted by Crippen LogP contribution is 2.34. The van der Waals surface area contributed by atoms with E-state index in [-0.39, 0.29) is 16.1 Å². The van der Waals surface area contributed by atoms with Crippen LogP contribution in [0.25, 0.3) is 10.3 Å².